The first kappa shape index (κ1) is 32.6. The second-order valence-corrected chi connectivity index (χ2v) is 3.63. The van der Waals surface area contributed by atoms with Crippen LogP contribution in [0.3, 0.4) is 0 Å². The molecule has 1 rings (SSSR count). The van der Waals surface area contributed by atoms with Crippen LogP contribution in [-0.4, -0.2) is 116 Å². The van der Waals surface area contributed by atoms with Crippen molar-refractivity contribution in [2.45, 2.75) is 24.4 Å². The van der Waals surface area contributed by atoms with Crippen molar-refractivity contribution in [1.29, 1.82) is 0 Å². The summed E-state index contributed by atoms with van der Waals surface area (Å²) in [4.78, 5) is 56.0. The van der Waals surface area contributed by atoms with Gasteiger partial charge in [-0.3, -0.25) is 0 Å². The van der Waals surface area contributed by atoms with Gasteiger partial charge in [0.05, 0.1) is 0 Å². The maximum atomic E-state index is 10.2. The van der Waals surface area contributed by atoms with E-state index < -0.39 is 61.9 Å². The number of hydrogen-bond acceptors (Lipinski definition) is 12. The number of carbonyl (C=O) groups excluding carboxylic acids is 2. The first-order valence-corrected chi connectivity index (χ1v) is 6.31. The minimum absolute atomic E-state index is 0.750. The van der Waals surface area contributed by atoms with Gasteiger partial charge in [-0.2, -0.15) is 0 Å². The SMILES string of the molecule is C=O.C=O.O=C(O)C(O)C(OCO)C(=O)O.O=C(O)C1OC1C(=O)O.OCO. The smallest absolute Gasteiger partial charge is 0.336 e. The fourth-order valence-corrected chi connectivity index (χ4v) is 0.995. The summed E-state index contributed by atoms with van der Waals surface area (Å²) >= 11 is 0. The molecule has 1 saturated heterocycles. The number of aliphatic hydroxyl groups excluding tert-OH is 3. The van der Waals surface area contributed by atoms with E-state index in [0.717, 1.165) is 0 Å². The summed E-state index contributed by atoms with van der Waals surface area (Å²) in [7, 11) is 0. The van der Waals surface area contributed by atoms with Crippen LogP contribution in [0.5, 0.6) is 0 Å². The maximum Gasteiger partial charge on any atom is 0.336 e. The first-order valence-electron chi connectivity index (χ1n) is 6.31. The van der Waals surface area contributed by atoms with E-state index >= 15 is 0 Å². The van der Waals surface area contributed by atoms with Crippen LogP contribution >= 0.6 is 0 Å². The van der Waals surface area contributed by atoms with Crippen LogP contribution in [0.25, 0.3) is 0 Å². The van der Waals surface area contributed by atoms with E-state index in [1.807, 2.05) is 13.6 Å². The molecule has 28 heavy (non-hydrogen) atoms. The van der Waals surface area contributed by atoms with Crippen molar-refractivity contribution in [2.24, 2.45) is 0 Å². The van der Waals surface area contributed by atoms with Gasteiger partial charge in [0.1, 0.15) is 27.2 Å². The fourth-order valence-electron chi connectivity index (χ4n) is 0.995. The molecule has 0 aromatic heterocycles. The van der Waals surface area contributed by atoms with E-state index in [9.17, 15) is 19.2 Å². The third kappa shape index (κ3) is 16.4. The fraction of sp³-hybridized carbons (Fsp3) is 0.500. The predicted molar refractivity (Wildman–Crippen MR) is 80.7 cm³/mol. The van der Waals surface area contributed by atoms with Gasteiger partial charge < -0.3 is 59.9 Å². The minimum atomic E-state index is -2.19. The second kappa shape index (κ2) is 20.3. The molecule has 1 fully saturated rings. The molecular weight excluding hydrogens is 400 g/mol. The van der Waals surface area contributed by atoms with E-state index in [1.165, 1.54) is 0 Å². The van der Waals surface area contributed by atoms with Gasteiger partial charge in [-0.25, -0.2) is 19.2 Å². The Morgan fingerprint density at radius 3 is 1.29 bits per heavy atom. The van der Waals surface area contributed by atoms with E-state index in [2.05, 4.69) is 9.47 Å². The van der Waals surface area contributed by atoms with E-state index in [1.54, 1.807) is 0 Å². The normalized spacial score (nSPS) is 17.6. The van der Waals surface area contributed by atoms with Crippen molar-refractivity contribution >= 4 is 37.5 Å². The molecule has 1 aliphatic rings. The average Bonchev–Trinajstić information content (AvgIpc) is 3.45. The summed E-state index contributed by atoms with van der Waals surface area (Å²) in [6.07, 6.45) is -6.38. The van der Waals surface area contributed by atoms with E-state index in [-0.39, 0.29) is 0 Å². The lowest BCUT2D eigenvalue weighted by molar-refractivity contribution is -0.178. The number of aliphatic carboxylic acids is 4. The van der Waals surface area contributed by atoms with Crippen LogP contribution < -0.4 is 0 Å². The Labute approximate surface area is 155 Å². The third-order valence-corrected chi connectivity index (χ3v) is 2.02. The van der Waals surface area contributed by atoms with Gasteiger partial charge in [-0.15, -0.1) is 0 Å². The Morgan fingerprint density at radius 1 is 0.821 bits per heavy atom. The van der Waals surface area contributed by atoms with Crippen molar-refractivity contribution < 1.29 is 79.1 Å². The van der Waals surface area contributed by atoms with E-state index in [0.29, 0.717) is 0 Å². The average molecular weight is 420 g/mol. The van der Waals surface area contributed by atoms with Crippen LogP contribution in [-0.2, 0) is 38.2 Å². The Kier molecular flexibility index (Phi) is 23.7. The molecule has 1 heterocycles. The molecule has 1 aliphatic heterocycles. The number of epoxide rings is 1. The van der Waals surface area contributed by atoms with Crippen molar-refractivity contribution in [1.82, 2.24) is 0 Å². The van der Waals surface area contributed by atoms with E-state index in [4.69, 9.17) is 50.4 Å². The number of carboxylic acid groups (broad SMARTS) is 4. The summed E-state index contributed by atoms with van der Waals surface area (Å²) < 4.78 is 8.29. The minimum Gasteiger partial charge on any atom is -0.479 e. The van der Waals surface area contributed by atoms with Gasteiger partial charge in [-0.1, -0.05) is 0 Å². The molecule has 0 aromatic carbocycles. The lowest BCUT2D eigenvalue weighted by Crippen LogP contribution is -2.41. The molecule has 0 amide bonds. The second-order valence-electron chi connectivity index (χ2n) is 3.63. The standard InChI is InChI=1S/C5H8O7.C4H4O5.CH4O2.2CH2O/c6-1-12-3(5(10)11)2(7)4(8)9;5-3(6)1-2(9-1)4(7)8;2-1-3;2*1-2/h2-3,6-7H,1H2,(H,8,9)(H,10,11);1-2H,(H,5,6)(H,7,8);2-3H,1H2;2*1H2. The third-order valence-electron chi connectivity index (χ3n) is 2.02. The summed E-state index contributed by atoms with van der Waals surface area (Å²) in [5.74, 6) is -5.82. The first-order chi connectivity index (χ1) is 13.0. The molecule has 16 heteroatoms. The van der Waals surface area contributed by atoms with Gasteiger partial charge in [0.2, 0.25) is 0 Å². The molecule has 0 radical (unpaired) electrons. The molecule has 0 saturated carbocycles. The Bertz CT molecular complexity index is 445. The van der Waals surface area contributed by atoms with Gasteiger partial charge in [0.25, 0.3) is 0 Å². The summed E-state index contributed by atoms with van der Waals surface area (Å²) in [5, 5.41) is 63.6. The lowest BCUT2D eigenvalue weighted by atomic mass is 10.2. The molecule has 0 spiro atoms. The molecular formula is C12H20O16. The molecule has 0 aromatic rings. The number of rotatable bonds is 7. The molecule has 4 unspecified atom stereocenters. The van der Waals surface area contributed by atoms with Crippen LogP contribution in [0.4, 0.5) is 0 Å². The number of ether oxygens (including phenoxy) is 2. The molecule has 0 bridgehead atoms. The molecule has 16 nitrogen and oxygen atoms in total. The number of carbonyl (C=O) groups is 6. The number of aliphatic hydroxyl groups is 4. The zero-order valence-electron chi connectivity index (χ0n) is 14.0. The summed E-state index contributed by atoms with van der Waals surface area (Å²) in [6, 6.07) is 0. The molecule has 4 atom stereocenters. The largest absolute Gasteiger partial charge is 0.479 e. The maximum absolute atomic E-state index is 10.2. The zero-order valence-corrected chi connectivity index (χ0v) is 14.0. The van der Waals surface area contributed by atoms with Crippen LogP contribution in [0.2, 0.25) is 0 Å². The molecule has 0 aliphatic carbocycles. The van der Waals surface area contributed by atoms with Crippen LogP contribution in [0, 0.1) is 0 Å². The quantitative estimate of drug-likeness (QED) is 0.142. The number of carboxylic acids is 4. The topological polar surface area (TPSA) is 286 Å². The Hall–Kier alpha value is -3.02. The van der Waals surface area contributed by atoms with Gasteiger partial charge in [-0.05, 0) is 0 Å². The Morgan fingerprint density at radius 2 is 1.14 bits per heavy atom. The summed E-state index contributed by atoms with van der Waals surface area (Å²) in [6.45, 7) is 2.28. The molecule has 8 N–H and O–H groups in total. The van der Waals surface area contributed by atoms with Gasteiger partial charge in [0, 0.05) is 0 Å². The van der Waals surface area contributed by atoms with Crippen molar-refractivity contribution in [2.75, 3.05) is 13.6 Å². The van der Waals surface area contributed by atoms with Crippen molar-refractivity contribution in [3.05, 3.63) is 0 Å². The highest BCUT2D eigenvalue weighted by Crippen LogP contribution is 2.21. The highest BCUT2D eigenvalue weighted by Gasteiger charge is 2.50. The van der Waals surface area contributed by atoms with Crippen molar-refractivity contribution in [3.8, 4) is 0 Å². The zero-order chi connectivity index (χ0) is 23.4. The van der Waals surface area contributed by atoms with Crippen LogP contribution in [0.1, 0.15) is 0 Å². The molecule has 164 valence electrons. The van der Waals surface area contributed by atoms with Gasteiger partial charge in [0.15, 0.2) is 24.4 Å². The highest BCUT2D eigenvalue weighted by atomic mass is 16.6. The Balaban J connectivity index is -0.000000158. The predicted octanol–water partition coefficient (Wildman–Crippen LogP) is -4.67. The van der Waals surface area contributed by atoms with Crippen LogP contribution in [0.15, 0.2) is 0 Å². The lowest BCUT2D eigenvalue weighted by Gasteiger charge is -2.14. The monoisotopic (exact) mass is 420 g/mol. The number of hydrogen-bond donors (Lipinski definition) is 8. The van der Waals surface area contributed by atoms with Crippen molar-refractivity contribution in [3.63, 3.8) is 0 Å². The highest BCUT2D eigenvalue weighted by molar-refractivity contribution is 5.87. The summed E-state index contributed by atoms with van der Waals surface area (Å²) in [5.41, 5.74) is 0. The van der Waals surface area contributed by atoms with Gasteiger partial charge >= 0.3 is 23.9 Å².